The second kappa shape index (κ2) is 7.16. The number of hydrogen-bond acceptors (Lipinski definition) is 5. The maximum atomic E-state index is 4.74. The molecule has 0 saturated heterocycles. The first kappa shape index (κ1) is 17.1. The molecule has 4 heterocycles. The van der Waals surface area contributed by atoms with E-state index in [1.165, 1.54) is 0 Å². The summed E-state index contributed by atoms with van der Waals surface area (Å²) in [5.74, 6) is 1.37. The molecule has 0 spiro atoms. The smallest absolute Gasteiger partial charge is 0.229 e. The van der Waals surface area contributed by atoms with Gasteiger partial charge >= 0.3 is 0 Å². The van der Waals surface area contributed by atoms with Crippen LogP contribution in [0.15, 0.2) is 85.6 Å². The van der Waals surface area contributed by atoms with E-state index >= 15 is 0 Å². The fourth-order valence-electron chi connectivity index (χ4n) is 3.26. The summed E-state index contributed by atoms with van der Waals surface area (Å²) in [4.78, 5) is 17.7. The number of nitrogens with one attached hydrogen (secondary N) is 1. The molecule has 0 aliphatic carbocycles. The van der Waals surface area contributed by atoms with E-state index in [4.69, 9.17) is 4.98 Å². The van der Waals surface area contributed by atoms with Gasteiger partial charge in [0.1, 0.15) is 5.82 Å². The number of fused-ring (bicyclic) bond motifs is 1. The third-order valence-electron chi connectivity index (χ3n) is 4.82. The number of aromatic nitrogens is 5. The highest BCUT2D eigenvalue weighted by Gasteiger charge is 2.09. The normalized spacial score (nSPS) is 10.9. The van der Waals surface area contributed by atoms with Crippen molar-refractivity contribution in [2.24, 2.45) is 0 Å². The molecule has 0 radical (unpaired) electrons. The third-order valence-corrected chi connectivity index (χ3v) is 4.82. The van der Waals surface area contributed by atoms with Gasteiger partial charge in [-0.1, -0.05) is 18.2 Å². The van der Waals surface area contributed by atoms with Crippen molar-refractivity contribution in [1.82, 2.24) is 24.5 Å². The molecule has 0 saturated carbocycles. The summed E-state index contributed by atoms with van der Waals surface area (Å²) < 4.78 is 1.96. The molecule has 0 fully saturated rings. The minimum Gasteiger partial charge on any atom is -0.324 e. The molecule has 0 amide bonds. The lowest BCUT2D eigenvalue weighted by molar-refractivity contribution is 1.02. The molecular formula is C23H18N6. The van der Waals surface area contributed by atoms with Crippen molar-refractivity contribution in [3.63, 3.8) is 0 Å². The van der Waals surface area contributed by atoms with E-state index in [1.807, 2.05) is 53.4 Å². The summed E-state index contributed by atoms with van der Waals surface area (Å²) in [5, 5.41) is 4.33. The van der Waals surface area contributed by atoms with Crippen molar-refractivity contribution in [2.45, 2.75) is 6.92 Å². The van der Waals surface area contributed by atoms with E-state index in [2.05, 4.69) is 45.4 Å². The molecule has 6 heteroatoms. The van der Waals surface area contributed by atoms with Gasteiger partial charge in [-0.25, -0.2) is 9.97 Å². The highest BCUT2D eigenvalue weighted by molar-refractivity contribution is 5.79. The van der Waals surface area contributed by atoms with Crippen LogP contribution in [0.1, 0.15) is 5.56 Å². The van der Waals surface area contributed by atoms with Crippen LogP contribution in [0.25, 0.3) is 28.0 Å². The Morgan fingerprint density at radius 1 is 0.862 bits per heavy atom. The Labute approximate surface area is 167 Å². The Kier molecular flexibility index (Phi) is 4.22. The maximum Gasteiger partial charge on any atom is 0.229 e. The minimum absolute atomic E-state index is 0.545. The molecule has 1 aromatic carbocycles. The summed E-state index contributed by atoms with van der Waals surface area (Å²) in [5.41, 5.74) is 5.12. The van der Waals surface area contributed by atoms with Gasteiger partial charge in [0.25, 0.3) is 0 Å². The van der Waals surface area contributed by atoms with Crippen molar-refractivity contribution in [1.29, 1.82) is 0 Å². The summed E-state index contributed by atoms with van der Waals surface area (Å²) in [7, 11) is 0. The van der Waals surface area contributed by atoms with E-state index in [-0.39, 0.29) is 0 Å². The number of benzene rings is 1. The zero-order valence-corrected chi connectivity index (χ0v) is 15.8. The quantitative estimate of drug-likeness (QED) is 0.480. The number of anilines is 2. The van der Waals surface area contributed by atoms with Gasteiger partial charge < -0.3 is 5.32 Å². The average molecular weight is 378 g/mol. The number of rotatable bonds is 4. The molecule has 0 atom stereocenters. The SMILES string of the molecule is Cc1ccc(-c2ccncc2)cc1Nc1ncc2ccn(-c3ccccn3)c2n1. The molecule has 0 aliphatic rings. The van der Waals surface area contributed by atoms with Gasteiger partial charge in [0, 0.05) is 42.1 Å². The van der Waals surface area contributed by atoms with E-state index < -0.39 is 0 Å². The lowest BCUT2D eigenvalue weighted by Crippen LogP contribution is -2.02. The lowest BCUT2D eigenvalue weighted by Gasteiger charge is -2.11. The monoisotopic (exact) mass is 378 g/mol. The molecular weight excluding hydrogens is 360 g/mol. The summed E-state index contributed by atoms with van der Waals surface area (Å²) in [6.45, 7) is 2.06. The van der Waals surface area contributed by atoms with Crippen molar-refractivity contribution >= 4 is 22.7 Å². The van der Waals surface area contributed by atoms with Crippen LogP contribution in [0.2, 0.25) is 0 Å². The second-order valence-corrected chi connectivity index (χ2v) is 6.74. The van der Waals surface area contributed by atoms with Gasteiger partial charge in [-0.05, 0) is 60.0 Å². The predicted octanol–water partition coefficient (Wildman–Crippen LogP) is 4.93. The molecule has 0 unspecified atom stereocenters. The summed E-state index contributed by atoms with van der Waals surface area (Å²) in [6, 6.07) is 18.1. The van der Waals surface area contributed by atoms with E-state index in [9.17, 15) is 0 Å². The van der Waals surface area contributed by atoms with Crippen molar-refractivity contribution in [3.8, 4) is 16.9 Å². The van der Waals surface area contributed by atoms with Gasteiger partial charge in [-0.2, -0.15) is 4.98 Å². The zero-order chi connectivity index (χ0) is 19.6. The Balaban J connectivity index is 1.52. The Morgan fingerprint density at radius 3 is 2.59 bits per heavy atom. The van der Waals surface area contributed by atoms with E-state index in [0.29, 0.717) is 5.95 Å². The summed E-state index contributed by atoms with van der Waals surface area (Å²) >= 11 is 0. The molecule has 6 nitrogen and oxygen atoms in total. The van der Waals surface area contributed by atoms with Crippen LogP contribution in [0, 0.1) is 6.92 Å². The maximum absolute atomic E-state index is 4.74. The van der Waals surface area contributed by atoms with E-state index in [1.54, 1.807) is 18.6 Å². The Hall–Kier alpha value is -4.06. The van der Waals surface area contributed by atoms with Gasteiger partial charge in [0.05, 0.1) is 0 Å². The van der Waals surface area contributed by atoms with Crippen LogP contribution in [-0.2, 0) is 0 Å². The van der Waals surface area contributed by atoms with Crippen LogP contribution < -0.4 is 5.32 Å². The lowest BCUT2D eigenvalue weighted by atomic mass is 10.0. The molecule has 4 aromatic heterocycles. The number of aryl methyl sites for hydroxylation is 1. The highest BCUT2D eigenvalue weighted by atomic mass is 15.2. The minimum atomic E-state index is 0.545. The van der Waals surface area contributed by atoms with Crippen LogP contribution in [0.3, 0.4) is 0 Å². The average Bonchev–Trinajstić information content (AvgIpc) is 3.20. The Bertz CT molecular complexity index is 1280. The van der Waals surface area contributed by atoms with E-state index in [0.717, 1.165) is 39.2 Å². The van der Waals surface area contributed by atoms with Gasteiger partial charge in [-0.3, -0.25) is 9.55 Å². The van der Waals surface area contributed by atoms with Crippen molar-refractivity contribution in [2.75, 3.05) is 5.32 Å². The van der Waals surface area contributed by atoms with Crippen LogP contribution in [-0.4, -0.2) is 24.5 Å². The molecule has 1 N–H and O–H groups in total. The fourth-order valence-corrected chi connectivity index (χ4v) is 3.26. The standard InChI is InChI=1S/C23H18N6/c1-16-5-6-18(17-7-11-24-12-8-17)14-20(16)27-23-26-15-19-9-13-29(22(19)28-23)21-4-2-3-10-25-21/h2-15H,1H3,(H,26,27,28). The summed E-state index contributed by atoms with van der Waals surface area (Å²) in [6.07, 6.45) is 9.15. The molecule has 5 aromatic rings. The number of pyridine rings is 2. The molecule has 140 valence electrons. The van der Waals surface area contributed by atoms with Crippen LogP contribution >= 0.6 is 0 Å². The number of hydrogen-bond donors (Lipinski definition) is 1. The number of nitrogens with zero attached hydrogens (tertiary/aromatic N) is 5. The van der Waals surface area contributed by atoms with Crippen molar-refractivity contribution < 1.29 is 0 Å². The van der Waals surface area contributed by atoms with Crippen LogP contribution in [0.4, 0.5) is 11.6 Å². The topological polar surface area (TPSA) is 68.5 Å². The second-order valence-electron chi connectivity index (χ2n) is 6.74. The Morgan fingerprint density at radius 2 is 1.76 bits per heavy atom. The molecule has 29 heavy (non-hydrogen) atoms. The predicted molar refractivity (Wildman–Crippen MR) is 114 cm³/mol. The first-order chi connectivity index (χ1) is 14.3. The molecule has 0 bridgehead atoms. The third kappa shape index (κ3) is 3.32. The molecule has 5 rings (SSSR count). The fraction of sp³-hybridized carbons (Fsp3) is 0.0435. The molecule has 0 aliphatic heterocycles. The first-order valence-corrected chi connectivity index (χ1v) is 9.31. The van der Waals surface area contributed by atoms with Crippen molar-refractivity contribution in [3.05, 3.63) is 91.1 Å². The van der Waals surface area contributed by atoms with Gasteiger partial charge in [0.2, 0.25) is 5.95 Å². The largest absolute Gasteiger partial charge is 0.324 e. The first-order valence-electron chi connectivity index (χ1n) is 9.31. The van der Waals surface area contributed by atoms with Gasteiger partial charge in [0.15, 0.2) is 5.65 Å². The van der Waals surface area contributed by atoms with Gasteiger partial charge in [-0.15, -0.1) is 0 Å². The zero-order valence-electron chi connectivity index (χ0n) is 15.8. The highest BCUT2D eigenvalue weighted by Crippen LogP contribution is 2.27. The van der Waals surface area contributed by atoms with Crippen LogP contribution in [0.5, 0.6) is 0 Å².